The number of alkyl halides is 6. The molecule has 1 unspecified atom stereocenters. The van der Waals surface area contributed by atoms with E-state index in [-0.39, 0.29) is 11.9 Å². The smallest absolute Gasteiger partial charge is 0.475 e. The second kappa shape index (κ2) is 14.8. The molecule has 8 nitrogen and oxygen atoms in total. The maximum Gasteiger partial charge on any atom is 0.490 e. The van der Waals surface area contributed by atoms with E-state index in [0.717, 1.165) is 47.0 Å². The molecular weight excluding hydrogens is 640 g/mol. The molecule has 4 rings (SSSR count). The van der Waals surface area contributed by atoms with Crippen LogP contribution in [0, 0.1) is 6.92 Å². The van der Waals surface area contributed by atoms with E-state index >= 15 is 0 Å². The number of nitrogens with one attached hydrogen (secondary N) is 1. The van der Waals surface area contributed by atoms with Crippen LogP contribution < -0.4 is 5.32 Å². The fourth-order valence-electron chi connectivity index (χ4n) is 4.01. The molecule has 1 aliphatic rings. The number of fused-ring (bicyclic) bond motifs is 1. The normalized spacial score (nSPS) is 15.0. The fourth-order valence-corrected chi connectivity index (χ4v) is 4.45. The Morgan fingerprint density at radius 1 is 1.00 bits per heavy atom. The number of nitrogens with zero attached hydrogens (tertiary/aromatic N) is 2. The molecular formula is C27H26BrF6N3O5. The lowest BCUT2D eigenvalue weighted by Gasteiger charge is -2.34. The van der Waals surface area contributed by atoms with Crippen LogP contribution >= 0.6 is 15.9 Å². The maximum atomic E-state index is 12.8. The van der Waals surface area contributed by atoms with E-state index in [0.29, 0.717) is 6.42 Å². The van der Waals surface area contributed by atoms with Crippen LogP contribution in [0.2, 0.25) is 0 Å². The highest BCUT2D eigenvalue weighted by Gasteiger charge is 2.38. The number of aliphatic carboxylic acids is 2. The Morgan fingerprint density at radius 3 is 2.17 bits per heavy atom. The molecule has 0 radical (unpaired) electrons. The molecule has 1 atom stereocenters. The molecule has 0 spiro atoms. The lowest BCUT2D eigenvalue weighted by Crippen LogP contribution is -2.45. The lowest BCUT2D eigenvalue weighted by molar-refractivity contribution is -0.193. The Morgan fingerprint density at radius 2 is 1.60 bits per heavy atom. The lowest BCUT2D eigenvalue weighted by atomic mass is 10.0. The third-order valence-corrected chi connectivity index (χ3v) is 6.33. The number of piperidine rings is 1. The van der Waals surface area contributed by atoms with Gasteiger partial charge in [-0.3, -0.25) is 9.78 Å². The quantitative estimate of drug-likeness (QED) is 0.283. The molecule has 1 saturated heterocycles. The Kier molecular flexibility index (Phi) is 12.1. The van der Waals surface area contributed by atoms with E-state index < -0.39 is 24.3 Å². The highest BCUT2D eigenvalue weighted by molar-refractivity contribution is 9.10. The molecule has 3 aromatic rings. The number of hydrogen-bond acceptors (Lipinski definition) is 5. The minimum atomic E-state index is -5.08. The van der Waals surface area contributed by atoms with Crippen molar-refractivity contribution in [1.82, 2.24) is 9.88 Å². The van der Waals surface area contributed by atoms with Gasteiger partial charge in [-0.25, -0.2) is 9.59 Å². The van der Waals surface area contributed by atoms with Crippen LogP contribution in [0.1, 0.15) is 24.0 Å². The van der Waals surface area contributed by atoms with Gasteiger partial charge >= 0.3 is 24.3 Å². The van der Waals surface area contributed by atoms with Gasteiger partial charge in [0.25, 0.3) is 0 Å². The first-order valence-corrected chi connectivity index (χ1v) is 13.0. The summed E-state index contributed by atoms with van der Waals surface area (Å²) in [6.07, 6.45) is -3.82. The number of aromatic nitrogens is 1. The van der Waals surface area contributed by atoms with Crippen molar-refractivity contribution in [3.05, 3.63) is 70.5 Å². The van der Waals surface area contributed by atoms with Crippen LogP contribution in [0.15, 0.2) is 59.3 Å². The SMILES string of the molecule is Cc1cncc2cccc(NC3CCCN(C(=O)Cc4cccc(Br)c4)C3)c12.O=C(O)C(F)(F)F.O=C(O)C(F)(F)F. The molecule has 3 N–H and O–H groups in total. The highest BCUT2D eigenvalue weighted by atomic mass is 79.9. The summed E-state index contributed by atoms with van der Waals surface area (Å²) in [6.45, 7) is 3.67. The molecule has 228 valence electrons. The zero-order valence-electron chi connectivity index (χ0n) is 22.0. The maximum absolute atomic E-state index is 12.8. The average Bonchev–Trinajstić information content (AvgIpc) is 2.89. The number of aryl methyl sites for hydroxylation is 1. The summed E-state index contributed by atoms with van der Waals surface area (Å²) in [5, 5.41) is 20.3. The molecule has 1 amide bonds. The molecule has 2 aromatic carbocycles. The number of carbonyl (C=O) groups is 3. The summed E-state index contributed by atoms with van der Waals surface area (Å²) in [5.41, 5.74) is 3.34. The molecule has 2 heterocycles. The second-order valence-corrected chi connectivity index (χ2v) is 10.0. The minimum Gasteiger partial charge on any atom is -0.475 e. The topological polar surface area (TPSA) is 120 Å². The Bertz CT molecular complexity index is 1370. The molecule has 1 aromatic heterocycles. The number of hydrogen-bond donors (Lipinski definition) is 3. The number of carbonyl (C=O) groups excluding carboxylic acids is 1. The fraction of sp³-hybridized carbons (Fsp3) is 0.333. The number of anilines is 1. The number of halogens is 7. The zero-order chi connectivity index (χ0) is 31.7. The van der Waals surface area contributed by atoms with Crippen molar-refractivity contribution in [2.24, 2.45) is 0 Å². The van der Waals surface area contributed by atoms with Gasteiger partial charge in [0.05, 0.1) is 6.42 Å². The predicted octanol–water partition coefficient (Wildman–Crippen LogP) is 6.22. The van der Waals surface area contributed by atoms with Gasteiger partial charge in [0, 0.05) is 52.5 Å². The van der Waals surface area contributed by atoms with Crippen molar-refractivity contribution in [3.8, 4) is 0 Å². The number of likely N-dealkylation sites (tertiary alicyclic amines) is 1. The van der Waals surface area contributed by atoms with Crippen LogP contribution in [0.5, 0.6) is 0 Å². The van der Waals surface area contributed by atoms with Crippen LogP contribution in [0.25, 0.3) is 10.8 Å². The van der Waals surface area contributed by atoms with Gasteiger partial charge in [-0.2, -0.15) is 26.3 Å². The monoisotopic (exact) mass is 665 g/mol. The van der Waals surface area contributed by atoms with E-state index in [1.54, 1.807) is 0 Å². The molecule has 1 aliphatic heterocycles. The van der Waals surface area contributed by atoms with Crippen LogP contribution in [0.4, 0.5) is 32.0 Å². The van der Waals surface area contributed by atoms with Gasteiger partial charge in [-0.15, -0.1) is 0 Å². The Balaban J connectivity index is 0.000000367. The predicted molar refractivity (Wildman–Crippen MR) is 145 cm³/mol. The van der Waals surface area contributed by atoms with E-state index in [4.69, 9.17) is 19.8 Å². The van der Waals surface area contributed by atoms with Crippen molar-refractivity contribution in [2.45, 2.75) is 44.6 Å². The number of carboxylic acids is 2. The Labute approximate surface area is 244 Å². The van der Waals surface area contributed by atoms with Crippen LogP contribution in [-0.4, -0.2) is 69.4 Å². The van der Waals surface area contributed by atoms with Crippen molar-refractivity contribution >= 4 is 50.2 Å². The van der Waals surface area contributed by atoms with Gasteiger partial charge in [0.2, 0.25) is 5.91 Å². The summed E-state index contributed by atoms with van der Waals surface area (Å²) in [6, 6.07) is 14.5. The van der Waals surface area contributed by atoms with Crippen LogP contribution in [-0.2, 0) is 20.8 Å². The van der Waals surface area contributed by atoms with Gasteiger partial charge in [0.15, 0.2) is 0 Å². The number of amides is 1. The van der Waals surface area contributed by atoms with Crippen molar-refractivity contribution in [2.75, 3.05) is 18.4 Å². The van der Waals surface area contributed by atoms with Gasteiger partial charge in [0.1, 0.15) is 0 Å². The summed E-state index contributed by atoms with van der Waals surface area (Å²) < 4.78 is 64.5. The first-order valence-electron chi connectivity index (χ1n) is 12.2. The summed E-state index contributed by atoms with van der Waals surface area (Å²) in [7, 11) is 0. The second-order valence-electron chi connectivity index (χ2n) is 9.10. The number of carboxylic acid groups (broad SMARTS) is 2. The van der Waals surface area contributed by atoms with Gasteiger partial charge < -0.3 is 20.4 Å². The van der Waals surface area contributed by atoms with Crippen molar-refractivity contribution in [3.63, 3.8) is 0 Å². The van der Waals surface area contributed by atoms with Crippen molar-refractivity contribution in [1.29, 1.82) is 0 Å². The van der Waals surface area contributed by atoms with E-state index in [9.17, 15) is 31.1 Å². The van der Waals surface area contributed by atoms with Crippen molar-refractivity contribution < 1.29 is 50.9 Å². The van der Waals surface area contributed by atoms with Gasteiger partial charge in [-0.1, -0.05) is 40.2 Å². The minimum absolute atomic E-state index is 0.197. The average molecular weight is 666 g/mol. The summed E-state index contributed by atoms with van der Waals surface area (Å²) >= 11 is 3.48. The van der Waals surface area contributed by atoms with E-state index in [2.05, 4.69) is 51.4 Å². The molecule has 1 fully saturated rings. The van der Waals surface area contributed by atoms with E-state index in [1.165, 1.54) is 10.9 Å². The molecule has 15 heteroatoms. The number of rotatable bonds is 4. The Hall–Kier alpha value is -3.88. The first-order chi connectivity index (χ1) is 19.5. The molecule has 0 aliphatic carbocycles. The summed E-state index contributed by atoms with van der Waals surface area (Å²) in [4.78, 5) is 36.9. The molecule has 0 saturated carbocycles. The largest absolute Gasteiger partial charge is 0.490 e. The third kappa shape index (κ3) is 10.8. The molecule has 42 heavy (non-hydrogen) atoms. The number of benzene rings is 2. The van der Waals surface area contributed by atoms with Gasteiger partial charge in [-0.05, 0) is 49.1 Å². The first kappa shape index (κ1) is 34.3. The summed E-state index contributed by atoms with van der Waals surface area (Å²) in [5.74, 6) is -5.32. The number of pyridine rings is 1. The zero-order valence-corrected chi connectivity index (χ0v) is 23.6. The third-order valence-electron chi connectivity index (χ3n) is 5.84. The molecule has 0 bridgehead atoms. The standard InChI is InChI=1S/C23H24BrN3O.2C2HF3O2/c1-16-13-25-14-18-6-3-9-21(23(16)18)26-20-8-4-10-27(15-20)22(28)12-17-5-2-7-19(24)11-17;2*3-2(4,5)1(6)7/h2-3,5-7,9,11,13-14,20,26H,4,8,10,12,15H2,1H3;2*(H,6,7). The van der Waals surface area contributed by atoms with E-state index in [1.807, 2.05) is 41.6 Å². The highest BCUT2D eigenvalue weighted by Crippen LogP contribution is 2.28. The van der Waals surface area contributed by atoms with Crippen LogP contribution in [0.3, 0.4) is 0 Å².